The molecule has 0 atom stereocenters. The number of esters is 1. The molecule has 1 aromatic heterocycles. The summed E-state index contributed by atoms with van der Waals surface area (Å²) in [6.07, 6.45) is 2.95. The van der Waals surface area contributed by atoms with Crippen molar-refractivity contribution in [2.75, 3.05) is 33.3 Å². The summed E-state index contributed by atoms with van der Waals surface area (Å²) in [4.78, 5) is 38.7. The number of hydrogen-bond acceptors (Lipinski definition) is 7. The van der Waals surface area contributed by atoms with Gasteiger partial charge in [0.15, 0.2) is 11.5 Å². The van der Waals surface area contributed by atoms with Gasteiger partial charge < -0.3 is 24.4 Å². The smallest absolute Gasteiger partial charge is 0.341 e. The van der Waals surface area contributed by atoms with Crippen LogP contribution in [0.3, 0.4) is 0 Å². The van der Waals surface area contributed by atoms with Crippen LogP contribution in [0.2, 0.25) is 0 Å². The number of benzene rings is 1. The lowest BCUT2D eigenvalue weighted by Crippen LogP contribution is -2.21. The highest BCUT2D eigenvalue weighted by atomic mass is 32.1. The Bertz CT molecular complexity index is 1010. The zero-order valence-corrected chi connectivity index (χ0v) is 17.2. The van der Waals surface area contributed by atoms with Crippen molar-refractivity contribution < 1.29 is 28.6 Å². The molecule has 0 saturated carbocycles. The van der Waals surface area contributed by atoms with Crippen LogP contribution in [0.1, 0.15) is 31.2 Å². The molecule has 1 N–H and O–H groups in total. The molecule has 0 unspecified atom stereocenters. The first-order valence-electron chi connectivity index (χ1n) is 8.64. The maximum Gasteiger partial charge on any atom is 0.341 e. The molecule has 0 aliphatic carbocycles. The maximum atomic E-state index is 12.4. The first-order valence-corrected chi connectivity index (χ1v) is 9.45. The lowest BCUT2D eigenvalue weighted by atomic mass is 10.1. The predicted octanol–water partition coefficient (Wildman–Crippen LogP) is 2.93. The van der Waals surface area contributed by atoms with Crippen molar-refractivity contribution in [3.8, 4) is 11.5 Å². The summed E-state index contributed by atoms with van der Waals surface area (Å²) in [6, 6.07) is 5.31. The number of nitrogens with zero attached hydrogens (tertiary/aromatic N) is 1. The summed E-state index contributed by atoms with van der Waals surface area (Å²) in [5.74, 6) is -0.0543. The van der Waals surface area contributed by atoms with Crippen LogP contribution in [0.5, 0.6) is 11.5 Å². The van der Waals surface area contributed by atoms with Gasteiger partial charge >= 0.3 is 5.97 Å². The van der Waals surface area contributed by atoms with E-state index in [-0.39, 0.29) is 23.3 Å². The number of carbonyl (C=O) groups is 3. The fourth-order valence-corrected chi connectivity index (χ4v) is 3.92. The van der Waals surface area contributed by atoms with Crippen LogP contribution < -0.4 is 14.8 Å². The molecule has 0 saturated heterocycles. The quantitative estimate of drug-likeness (QED) is 0.595. The van der Waals surface area contributed by atoms with E-state index in [9.17, 15) is 14.4 Å². The van der Waals surface area contributed by atoms with Gasteiger partial charge in [0.25, 0.3) is 5.91 Å². The highest BCUT2D eigenvalue weighted by Gasteiger charge is 2.26. The molecule has 1 aliphatic heterocycles. The van der Waals surface area contributed by atoms with Crippen LogP contribution in [0.25, 0.3) is 6.08 Å². The molecule has 152 valence electrons. The first-order chi connectivity index (χ1) is 13.8. The minimum absolute atomic E-state index is 0.172. The number of rotatable bonds is 5. The summed E-state index contributed by atoms with van der Waals surface area (Å²) in [6.45, 7) is 1.82. The second kappa shape index (κ2) is 8.36. The van der Waals surface area contributed by atoms with Gasteiger partial charge in [-0.3, -0.25) is 9.59 Å². The van der Waals surface area contributed by atoms with Crippen LogP contribution in [-0.2, 0) is 9.53 Å². The molecule has 8 nitrogen and oxygen atoms in total. The van der Waals surface area contributed by atoms with E-state index < -0.39 is 11.9 Å². The number of carbonyl (C=O) groups excluding carboxylic acids is 3. The molecule has 0 bridgehead atoms. The van der Waals surface area contributed by atoms with Crippen LogP contribution in [-0.4, -0.2) is 50.7 Å². The SMILES string of the molecule is COC(=O)c1c(NC(=O)/C=C/c2ccc3c(c2)OCO3)sc(C(=O)N(C)C)c1C. The van der Waals surface area contributed by atoms with Crippen molar-refractivity contribution in [1.82, 2.24) is 4.90 Å². The largest absolute Gasteiger partial charge is 0.465 e. The Morgan fingerprint density at radius 3 is 2.62 bits per heavy atom. The standard InChI is InChI=1S/C20H20N2O6S/c1-11-16(20(25)26-4)18(29-17(11)19(24)22(2)3)21-15(23)8-6-12-5-7-13-14(9-12)28-10-27-13/h5-9H,10H2,1-4H3,(H,21,23)/b8-6+. The fraction of sp³-hybridized carbons (Fsp3) is 0.250. The number of anilines is 1. The van der Waals surface area contributed by atoms with E-state index in [4.69, 9.17) is 14.2 Å². The Morgan fingerprint density at radius 2 is 1.93 bits per heavy atom. The molecular weight excluding hydrogens is 396 g/mol. The van der Waals surface area contributed by atoms with Crippen molar-refractivity contribution in [2.24, 2.45) is 0 Å². The average molecular weight is 416 g/mol. The normalized spacial score (nSPS) is 12.1. The number of ether oxygens (including phenoxy) is 3. The van der Waals surface area contributed by atoms with Crippen molar-refractivity contribution in [2.45, 2.75) is 6.92 Å². The minimum Gasteiger partial charge on any atom is -0.465 e. The van der Waals surface area contributed by atoms with E-state index in [2.05, 4.69) is 5.32 Å². The number of hydrogen-bond donors (Lipinski definition) is 1. The summed E-state index contributed by atoms with van der Waals surface area (Å²) in [5, 5.41) is 2.93. The zero-order valence-electron chi connectivity index (χ0n) is 16.4. The molecule has 0 radical (unpaired) electrons. The number of nitrogens with one attached hydrogen (secondary N) is 1. The van der Waals surface area contributed by atoms with Gasteiger partial charge in [0, 0.05) is 20.2 Å². The third-order valence-corrected chi connectivity index (χ3v) is 5.39. The molecule has 0 fully saturated rings. The van der Waals surface area contributed by atoms with Gasteiger partial charge in [-0.05, 0) is 36.3 Å². The predicted molar refractivity (Wildman–Crippen MR) is 109 cm³/mol. The van der Waals surface area contributed by atoms with E-state index >= 15 is 0 Å². The lowest BCUT2D eigenvalue weighted by Gasteiger charge is -2.08. The second-order valence-corrected chi connectivity index (χ2v) is 7.41. The average Bonchev–Trinajstić information content (AvgIpc) is 3.29. The van der Waals surface area contributed by atoms with Crippen LogP contribution in [0, 0.1) is 6.92 Å². The zero-order chi connectivity index (χ0) is 21.1. The molecule has 3 rings (SSSR count). The molecule has 2 heterocycles. The van der Waals surface area contributed by atoms with E-state index in [0.29, 0.717) is 21.9 Å². The van der Waals surface area contributed by atoms with Crippen LogP contribution >= 0.6 is 11.3 Å². The number of methoxy groups -OCH3 is 1. The molecule has 29 heavy (non-hydrogen) atoms. The van der Waals surface area contributed by atoms with Gasteiger partial charge in [0.05, 0.1) is 17.6 Å². The topological polar surface area (TPSA) is 94.2 Å². The Balaban J connectivity index is 1.82. The Kier molecular flexibility index (Phi) is 5.88. The first kappa shape index (κ1) is 20.4. The van der Waals surface area contributed by atoms with Gasteiger partial charge in [-0.2, -0.15) is 0 Å². The molecule has 1 aliphatic rings. The van der Waals surface area contributed by atoms with Gasteiger partial charge in [-0.1, -0.05) is 6.07 Å². The molecular formula is C20H20N2O6S. The fourth-order valence-electron chi connectivity index (χ4n) is 2.70. The minimum atomic E-state index is -0.619. The van der Waals surface area contributed by atoms with Crippen molar-refractivity contribution in [3.63, 3.8) is 0 Å². The molecule has 9 heteroatoms. The Labute approximate surface area is 171 Å². The van der Waals surface area contributed by atoms with Crippen molar-refractivity contribution in [3.05, 3.63) is 45.8 Å². The van der Waals surface area contributed by atoms with E-state index in [1.807, 2.05) is 0 Å². The maximum absolute atomic E-state index is 12.4. The summed E-state index contributed by atoms with van der Waals surface area (Å²) >= 11 is 1.04. The molecule has 1 aromatic carbocycles. The third-order valence-electron chi connectivity index (χ3n) is 4.20. The van der Waals surface area contributed by atoms with Gasteiger partial charge in [0.2, 0.25) is 12.7 Å². The number of thiophene rings is 1. The summed E-state index contributed by atoms with van der Waals surface area (Å²) < 4.78 is 15.4. The molecule has 2 aromatic rings. The van der Waals surface area contributed by atoms with Gasteiger partial charge in [-0.15, -0.1) is 11.3 Å². The molecule has 0 spiro atoms. The summed E-state index contributed by atoms with van der Waals surface area (Å²) in [5.41, 5.74) is 1.39. The van der Waals surface area contributed by atoms with E-state index in [1.165, 1.54) is 18.1 Å². The highest BCUT2D eigenvalue weighted by molar-refractivity contribution is 7.18. The Hall–Kier alpha value is -3.33. The Morgan fingerprint density at radius 1 is 1.21 bits per heavy atom. The van der Waals surface area contributed by atoms with Gasteiger partial charge in [-0.25, -0.2) is 4.79 Å². The van der Waals surface area contributed by atoms with Gasteiger partial charge in [0.1, 0.15) is 5.00 Å². The highest BCUT2D eigenvalue weighted by Crippen LogP contribution is 2.35. The monoisotopic (exact) mass is 416 g/mol. The summed E-state index contributed by atoms with van der Waals surface area (Å²) in [7, 11) is 4.48. The van der Waals surface area contributed by atoms with Crippen molar-refractivity contribution >= 4 is 40.2 Å². The lowest BCUT2D eigenvalue weighted by molar-refractivity contribution is -0.111. The molecule has 2 amide bonds. The van der Waals surface area contributed by atoms with E-state index in [0.717, 1.165) is 16.9 Å². The van der Waals surface area contributed by atoms with Crippen LogP contribution in [0.4, 0.5) is 5.00 Å². The number of fused-ring (bicyclic) bond motifs is 1. The third kappa shape index (κ3) is 4.24. The van der Waals surface area contributed by atoms with Crippen LogP contribution in [0.15, 0.2) is 24.3 Å². The van der Waals surface area contributed by atoms with E-state index in [1.54, 1.807) is 45.3 Å². The number of amides is 2. The second-order valence-electron chi connectivity index (χ2n) is 6.39. The van der Waals surface area contributed by atoms with Crippen molar-refractivity contribution in [1.29, 1.82) is 0 Å².